The molecular weight excluding hydrogens is 270 g/mol. The van der Waals surface area contributed by atoms with Gasteiger partial charge in [0, 0.05) is 17.6 Å². The van der Waals surface area contributed by atoms with Crippen LogP contribution >= 0.6 is 11.6 Å². The van der Waals surface area contributed by atoms with Gasteiger partial charge in [-0.1, -0.05) is 18.5 Å². The van der Waals surface area contributed by atoms with Gasteiger partial charge in [0.05, 0.1) is 10.8 Å². The van der Waals surface area contributed by atoms with Crippen molar-refractivity contribution in [2.75, 3.05) is 18.4 Å². The number of anilines is 1. The van der Waals surface area contributed by atoms with Crippen molar-refractivity contribution in [1.29, 1.82) is 0 Å². The molecule has 102 valence electrons. The number of rotatable bonds is 3. The minimum atomic E-state index is -0.539. The third-order valence-electron chi connectivity index (χ3n) is 3.27. The molecule has 1 aromatic carbocycles. The van der Waals surface area contributed by atoms with E-state index in [4.69, 9.17) is 11.6 Å². The zero-order chi connectivity index (χ0) is 14.0. The number of nitro benzene ring substituents is 1. The maximum Gasteiger partial charge on any atom is 0.292 e. The summed E-state index contributed by atoms with van der Waals surface area (Å²) in [7, 11) is 0. The minimum absolute atomic E-state index is 0.140. The predicted octanol–water partition coefficient (Wildman–Crippen LogP) is 2.04. The Hall–Kier alpha value is -1.66. The lowest BCUT2D eigenvalue weighted by Crippen LogP contribution is -2.28. The molecule has 7 heteroatoms. The van der Waals surface area contributed by atoms with E-state index in [1.807, 2.05) is 6.92 Å². The van der Waals surface area contributed by atoms with Crippen LogP contribution in [0.4, 0.5) is 11.4 Å². The van der Waals surface area contributed by atoms with Crippen LogP contribution in [0.2, 0.25) is 5.02 Å². The number of carbonyl (C=O) groups is 1. The van der Waals surface area contributed by atoms with E-state index in [-0.39, 0.29) is 29.1 Å². The Morgan fingerprint density at radius 2 is 2.26 bits per heavy atom. The Bertz CT molecular complexity index is 521. The molecular formula is C12H14ClN3O3. The van der Waals surface area contributed by atoms with Crippen molar-refractivity contribution in [1.82, 2.24) is 5.32 Å². The standard InChI is InChI=1S/C12H14ClN3O3/c1-7-5-14-6-9(7)12(17)15-10-4-8(13)2-3-11(10)16(18)19/h2-4,7,9,14H,5-6H2,1H3,(H,15,17). The van der Waals surface area contributed by atoms with Gasteiger partial charge >= 0.3 is 0 Å². The Labute approximate surface area is 115 Å². The summed E-state index contributed by atoms with van der Waals surface area (Å²) in [5, 5.41) is 17.0. The molecule has 0 saturated carbocycles. The van der Waals surface area contributed by atoms with E-state index in [9.17, 15) is 14.9 Å². The molecule has 2 rings (SSSR count). The molecule has 0 bridgehead atoms. The maximum absolute atomic E-state index is 12.1. The van der Waals surface area contributed by atoms with Crippen molar-refractivity contribution in [2.24, 2.45) is 11.8 Å². The first kappa shape index (κ1) is 13.8. The molecule has 19 heavy (non-hydrogen) atoms. The third kappa shape index (κ3) is 3.02. The van der Waals surface area contributed by atoms with Crippen LogP contribution in [0.25, 0.3) is 0 Å². The third-order valence-corrected chi connectivity index (χ3v) is 3.50. The minimum Gasteiger partial charge on any atom is -0.320 e. The van der Waals surface area contributed by atoms with Gasteiger partial charge in [-0.3, -0.25) is 14.9 Å². The number of hydrogen-bond acceptors (Lipinski definition) is 4. The van der Waals surface area contributed by atoms with E-state index in [1.165, 1.54) is 18.2 Å². The van der Waals surface area contributed by atoms with Crippen molar-refractivity contribution >= 4 is 28.9 Å². The molecule has 2 atom stereocenters. The molecule has 1 aliphatic heterocycles. The predicted molar refractivity (Wildman–Crippen MR) is 72.3 cm³/mol. The van der Waals surface area contributed by atoms with Gasteiger partial charge in [-0.05, 0) is 24.6 Å². The summed E-state index contributed by atoms with van der Waals surface area (Å²) in [4.78, 5) is 22.5. The molecule has 0 aromatic heterocycles. The second-order valence-corrected chi connectivity index (χ2v) is 5.09. The van der Waals surface area contributed by atoms with Crippen molar-refractivity contribution in [3.63, 3.8) is 0 Å². The van der Waals surface area contributed by atoms with Crippen LogP contribution in [0.3, 0.4) is 0 Å². The average molecular weight is 284 g/mol. The van der Waals surface area contributed by atoms with Gasteiger partial charge in [0.15, 0.2) is 0 Å². The largest absolute Gasteiger partial charge is 0.320 e. The van der Waals surface area contributed by atoms with E-state index in [0.717, 1.165) is 6.54 Å². The number of hydrogen-bond donors (Lipinski definition) is 2. The van der Waals surface area contributed by atoms with Crippen LogP contribution in [-0.2, 0) is 4.79 Å². The van der Waals surface area contributed by atoms with Gasteiger partial charge in [0.25, 0.3) is 5.69 Å². The zero-order valence-electron chi connectivity index (χ0n) is 10.4. The highest BCUT2D eigenvalue weighted by atomic mass is 35.5. The van der Waals surface area contributed by atoms with Gasteiger partial charge in [-0.25, -0.2) is 0 Å². The molecule has 1 aromatic rings. The summed E-state index contributed by atoms with van der Waals surface area (Å²) in [5.74, 6) is -0.195. The average Bonchev–Trinajstić information content (AvgIpc) is 2.75. The molecule has 0 spiro atoms. The number of carbonyl (C=O) groups excluding carboxylic acids is 1. The lowest BCUT2D eigenvalue weighted by Gasteiger charge is -2.14. The second kappa shape index (κ2) is 5.54. The summed E-state index contributed by atoms with van der Waals surface area (Å²) in [6, 6.07) is 4.11. The normalized spacial score (nSPS) is 22.2. The highest BCUT2D eigenvalue weighted by Gasteiger charge is 2.30. The molecule has 1 heterocycles. The van der Waals surface area contributed by atoms with Crippen LogP contribution < -0.4 is 10.6 Å². The van der Waals surface area contributed by atoms with Crippen LogP contribution in [-0.4, -0.2) is 23.9 Å². The summed E-state index contributed by atoms with van der Waals surface area (Å²) in [6.45, 7) is 3.33. The van der Waals surface area contributed by atoms with Crippen LogP contribution in [0.1, 0.15) is 6.92 Å². The molecule has 0 aliphatic carbocycles. The Morgan fingerprint density at radius 1 is 1.53 bits per heavy atom. The Balaban J connectivity index is 2.20. The number of benzene rings is 1. The van der Waals surface area contributed by atoms with E-state index in [2.05, 4.69) is 10.6 Å². The first-order valence-electron chi connectivity index (χ1n) is 5.94. The molecule has 1 fully saturated rings. The highest BCUT2D eigenvalue weighted by molar-refractivity contribution is 6.31. The fraction of sp³-hybridized carbons (Fsp3) is 0.417. The summed E-state index contributed by atoms with van der Waals surface area (Å²) < 4.78 is 0. The summed E-state index contributed by atoms with van der Waals surface area (Å²) in [5.41, 5.74) is -0.0158. The zero-order valence-corrected chi connectivity index (χ0v) is 11.1. The molecule has 2 unspecified atom stereocenters. The molecule has 2 N–H and O–H groups in total. The van der Waals surface area contributed by atoms with Gasteiger partial charge in [-0.15, -0.1) is 0 Å². The van der Waals surface area contributed by atoms with Gasteiger partial charge in [0.2, 0.25) is 5.91 Å². The van der Waals surface area contributed by atoms with Crippen molar-refractivity contribution in [3.05, 3.63) is 33.3 Å². The first-order valence-corrected chi connectivity index (χ1v) is 6.32. The topological polar surface area (TPSA) is 84.3 Å². The molecule has 1 aliphatic rings. The molecule has 1 amide bonds. The van der Waals surface area contributed by atoms with E-state index in [1.54, 1.807) is 0 Å². The van der Waals surface area contributed by atoms with E-state index in [0.29, 0.717) is 11.6 Å². The van der Waals surface area contributed by atoms with Crippen molar-refractivity contribution < 1.29 is 9.72 Å². The Kier molecular flexibility index (Phi) is 4.01. The molecule has 1 saturated heterocycles. The lowest BCUT2D eigenvalue weighted by atomic mass is 9.97. The fourth-order valence-corrected chi connectivity index (χ4v) is 2.33. The van der Waals surface area contributed by atoms with Crippen molar-refractivity contribution in [3.8, 4) is 0 Å². The monoisotopic (exact) mass is 283 g/mol. The number of halogens is 1. The van der Waals surface area contributed by atoms with Crippen molar-refractivity contribution in [2.45, 2.75) is 6.92 Å². The first-order chi connectivity index (χ1) is 8.99. The molecule has 0 radical (unpaired) electrons. The molecule has 6 nitrogen and oxygen atoms in total. The van der Waals surface area contributed by atoms with Gasteiger partial charge < -0.3 is 10.6 Å². The van der Waals surface area contributed by atoms with E-state index < -0.39 is 4.92 Å². The SMILES string of the molecule is CC1CNCC1C(=O)Nc1cc(Cl)ccc1[N+](=O)[O-]. The number of nitrogens with one attached hydrogen (secondary N) is 2. The number of nitrogens with zero attached hydrogens (tertiary/aromatic N) is 1. The highest BCUT2D eigenvalue weighted by Crippen LogP contribution is 2.29. The Morgan fingerprint density at radius 3 is 2.84 bits per heavy atom. The van der Waals surface area contributed by atoms with Gasteiger partial charge in [0.1, 0.15) is 5.69 Å². The number of amides is 1. The number of nitro groups is 1. The van der Waals surface area contributed by atoms with E-state index >= 15 is 0 Å². The lowest BCUT2D eigenvalue weighted by molar-refractivity contribution is -0.383. The summed E-state index contributed by atoms with van der Waals surface area (Å²) in [6.07, 6.45) is 0. The van der Waals surface area contributed by atoms with Crippen LogP contribution in [0, 0.1) is 22.0 Å². The second-order valence-electron chi connectivity index (χ2n) is 4.65. The maximum atomic E-state index is 12.1. The van der Waals surface area contributed by atoms with Crippen LogP contribution in [0.5, 0.6) is 0 Å². The quantitative estimate of drug-likeness (QED) is 0.657. The van der Waals surface area contributed by atoms with Crippen LogP contribution in [0.15, 0.2) is 18.2 Å². The summed E-state index contributed by atoms with van der Waals surface area (Å²) >= 11 is 5.81. The fourth-order valence-electron chi connectivity index (χ4n) is 2.15. The van der Waals surface area contributed by atoms with Gasteiger partial charge in [-0.2, -0.15) is 0 Å². The smallest absolute Gasteiger partial charge is 0.292 e.